The van der Waals surface area contributed by atoms with Crippen molar-refractivity contribution in [1.82, 2.24) is 0 Å². The van der Waals surface area contributed by atoms with E-state index in [0.717, 1.165) is 31.9 Å². The number of carbonyl (C=O) groups is 1. The first-order valence-corrected chi connectivity index (χ1v) is 13.1. The summed E-state index contributed by atoms with van der Waals surface area (Å²) in [4.78, 5) is 12.2. The number of benzene rings is 1. The van der Waals surface area contributed by atoms with Gasteiger partial charge in [0.1, 0.15) is 23.6 Å². The van der Waals surface area contributed by atoms with Crippen LogP contribution >= 0.6 is 11.6 Å². The molecule has 1 aromatic heterocycles. The van der Waals surface area contributed by atoms with Gasteiger partial charge in [-0.3, -0.25) is 0 Å². The number of ether oxygens (including phenoxy) is 1. The number of esters is 1. The molecule has 0 amide bonds. The smallest absolute Gasteiger partial charge is 0.342 e. The van der Waals surface area contributed by atoms with Crippen molar-refractivity contribution in [2.45, 2.75) is 97.4 Å². The van der Waals surface area contributed by atoms with Crippen molar-refractivity contribution < 1.29 is 24.3 Å². The fourth-order valence-corrected chi connectivity index (χ4v) is 4.25. The van der Waals surface area contributed by atoms with Crippen molar-refractivity contribution in [1.29, 1.82) is 0 Å². The number of rotatable bonds is 16. The van der Waals surface area contributed by atoms with Crippen molar-refractivity contribution in [3.8, 4) is 11.5 Å². The van der Waals surface area contributed by atoms with E-state index in [9.17, 15) is 15.0 Å². The van der Waals surface area contributed by atoms with Crippen molar-refractivity contribution in [3.63, 3.8) is 0 Å². The predicted molar refractivity (Wildman–Crippen MR) is 137 cm³/mol. The van der Waals surface area contributed by atoms with Crippen molar-refractivity contribution >= 4 is 17.6 Å². The maximum absolute atomic E-state index is 12.2. The Morgan fingerprint density at radius 2 is 1.32 bits per heavy atom. The Labute approximate surface area is 209 Å². The Hall–Kier alpha value is -2.27. The van der Waals surface area contributed by atoms with E-state index in [2.05, 4.69) is 36.0 Å². The molecule has 0 aliphatic heterocycles. The number of carbonyl (C=O) groups excluding carboxylic acids is 1. The minimum atomic E-state index is -0.606. The number of nitrogens with zero attached hydrogens (tertiary/aromatic N) is 1. The average Bonchev–Trinajstić information content (AvgIpc) is 2.81. The molecule has 0 fully saturated rings. The van der Waals surface area contributed by atoms with Gasteiger partial charge >= 0.3 is 5.97 Å². The zero-order valence-electron chi connectivity index (χ0n) is 20.8. The van der Waals surface area contributed by atoms with E-state index in [-0.39, 0.29) is 22.1 Å². The van der Waals surface area contributed by atoms with Gasteiger partial charge in [0.05, 0.1) is 11.6 Å². The second kappa shape index (κ2) is 15.6. The Morgan fingerprint density at radius 1 is 0.824 bits per heavy atom. The summed E-state index contributed by atoms with van der Waals surface area (Å²) in [6.45, 7) is 5.13. The lowest BCUT2D eigenvalue weighted by Crippen LogP contribution is -2.32. The summed E-state index contributed by atoms with van der Waals surface area (Å²) in [5.41, 5.74) is 1.66. The van der Waals surface area contributed by atoms with Crippen molar-refractivity contribution in [2.24, 2.45) is 0 Å². The van der Waals surface area contributed by atoms with Gasteiger partial charge in [-0.2, -0.15) is 0 Å². The molecule has 0 aliphatic rings. The SMILES string of the molecule is Cc1cc[n+](CCCCCCCCCCCCCCOC(=O)c2c(O)cc(O)c(Cl)c2C)cc1. The third kappa shape index (κ3) is 9.92. The highest BCUT2D eigenvalue weighted by Gasteiger charge is 2.20. The molecular formula is C28H41ClNO4+. The monoisotopic (exact) mass is 490 g/mol. The second-order valence-corrected chi connectivity index (χ2v) is 9.60. The number of halogens is 1. The normalized spacial score (nSPS) is 11.0. The van der Waals surface area contributed by atoms with E-state index >= 15 is 0 Å². The van der Waals surface area contributed by atoms with Crippen molar-refractivity contribution in [3.05, 3.63) is 52.3 Å². The first-order chi connectivity index (χ1) is 16.4. The predicted octanol–water partition coefficient (Wildman–Crippen LogP) is 7.19. The summed E-state index contributed by atoms with van der Waals surface area (Å²) >= 11 is 5.95. The van der Waals surface area contributed by atoms with E-state index in [0.29, 0.717) is 12.2 Å². The van der Waals surface area contributed by atoms with Crippen LogP contribution in [0, 0.1) is 13.8 Å². The van der Waals surface area contributed by atoms with E-state index < -0.39 is 5.97 Å². The molecule has 0 bridgehead atoms. The summed E-state index contributed by atoms with van der Waals surface area (Å²) < 4.78 is 7.55. The number of hydrogen-bond donors (Lipinski definition) is 2. The molecule has 0 saturated carbocycles. The lowest BCUT2D eigenvalue weighted by Gasteiger charge is -2.11. The van der Waals surface area contributed by atoms with Gasteiger partial charge in [-0.1, -0.05) is 69.4 Å². The van der Waals surface area contributed by atoms with E-state index in [1.54, 1.807) is 6.92 Å². The van der Waals surface area contributed by atoms with E-state index in [1.807, 2.05) is 0 Å². The van der Waals surface area contributed by atoms with Gasteiger partial charge in [-0.25, -0.2) is 9.36 Å². The molecule has 0 atom stereocenters. The lowest BCUT2D eigenvalue weighted by molar-refractivity contribution is -0.697. The van der Waals surface area contributed by atoms with Crippen LogP contribution < -0.4 is 4.57 Å². The molecule has 0 saturated heterocycles. The number of aromatic hydroxyl groups is 2. The average molecular weight is 491 g/mol. The minimum absolute atomic E-state index is 0.0213. The highest BCUT2D eigenvalue weighted by molar-refractivity contribution is 6.33. The van der Waals surface area contributed by atoms with Gasteiger partial charge < -0.3 is 14.9 Å². The number of hydrogen-bond acceptors (Lipinski definition) is 4. The summed E-state index contributed by atoms with van der Waals surface area (Å²) in [7, 11) is 0. The second-order valence-electron chi connectivity index (χ2n) is 9.22. The molecule has 2 N–H and O–H groups in total. The van der Waals surface area contributed by atoms with Crippen molar-refractivity contribution in [2.75, 3.05) is 6.61 Å². The summed E-state index contributed by atoms with van der Waals surface area (Å²) in [6.07, 6.45) is 19.0. The molecule has 2 aromatic rings. The first kappa shape index (κ1) is 28.0. The quantitative estimate of drug-likeness (QED) is 0.148. The maximum atomic E-state index is 12.2. The van der Waals surface area contributed by atoms with Crippen LogP contribution in [-0.4, -0.2) is 22.8 Å². The third-order valence-corrected chi connectivity index (χ3v) is 6.74. The Balaban J connectivity index is 1.39. The molecule has 0 unspecified atom stereocenters. The van der Waals surface area contributed by atoms with Crippen LogP contribution in [-0.2, 0) is 11.3 Å². The number of aryl methyl sites for hydroxylation is 2. The van der Waals surface area contributed by atoms with Crippen LogP contribution in [0.3, 0.4) is 0 Å². The van der Waals surface area contributed by atoms with Gasteiger partial charge in [0.15, 0.2) is 12.4 Å². The minimum Gasteiger partial charge on any atom is -0.507 e. The molecule has 0 aliphatic carbocycles. The van der Waals surface area contributed by atoms with Crippen LogP contribution in [0.15, 0.2) is 30.6 Å². The lowest BCUT2D eigenvalue weighted by atomic mass is 10.1. The van der Waals surface area contributed by atoms with Crippen LogP contribution in [0.2, 0.25) is 5.02 Å². The Bertz CT molecular complexity index is 883. The molecule has 0 radical (unpaired) electrons. The molecule has 6 heteroatoms. The number of unbranched alkanes of at least 4 members (excludes halogenated alkanes) is 11. The molecule has 1 aromatic carbocycles. The summed E-state index contributed by atoms with van der Waals surface area (Å²) in [5.74, 6) is -1.17. The third-order valence-electron chi connectivity index (χ3n) is 6.26. The number of aromatic nitrogens is 1. The zero-order chi connectivity index (χ0) is 24.8. The Morgan fingerprint density at radius 3 is 1.88 bits per heavy atom. The molecule has 1 heterocycles. The highest BCUT2D eigenvalue weighted by atomic mass is 35.5. The number of phenols is 2. The van der Waals surface area contributed by atoms with E-state index in [1.165, 1.54) is 63.4 Å². The molecule has 0 spiro atoms. The topological polar surface area (TPSA) is 70.6 Å². The fraction of sp³-hybridized carbons (Fsp3) is 0.571. The zero-order valence-corrected chi connectivity index (χ0v) is 21.6. The molecule has 188 valence electrons. The highest BCUT2D eigenvalue weighted by Crippen LogP contribution is 2.35. The summed E-state index contributed by atoms with van der Waals surface area (Å²) in [6, 6.07) is 5.40. The first-order valence-electron chi connectivity index (χ1n) is 12.7. The Kier molecular flexibility index (Phi) is 12.8. The van der Waals surface area contributed by atoms with Crippen LogP contribution in [0.4, 0.5) is 0 Å². The van der Waals surface area contributed by atoms with Gasteiger partial charge in [-0.15, -0.1) is 0 Å². The molecule has 34 heavy (non-hydrogen) atoms. The van der Waals surface area contributed by atoms with Crippen LogP contribution in [0.5, 0.6) is 11.5 Å². The number of pyridine rings is 1. The van der Waals surface area contributed by atoms with Gasteiger partial charge in [0.25, 0.3) is 0 Å². The van der Waals surface area contributed by atoms with Gasteiger partial charge in [0, 0.05) is 24.6 Å². The van der Waals surface area contributed by atoms with E-state index in [4.69, 9.17) is 16.3 Å². The molecule has 2 rings (SSSR count). The van der Waals surface area contributed by atoms with Gasteiger partial charge in [-0.05, 0) is 37.8 Å². The maximum Gasteiger partial charge on any atom is 0.342 e. The molecule has 5 nitrogen and oxygen atoms in total. The fourth-order valence-electron chi connectivity index (χ4n) is 4.10. The number of phenolic OH excluding ortho intramolecular Hbond substituents is 2. The standard InChI is InChI=1S/C28H40ClNO4/c1-22-15-18-30(19-16-22)17-13-11-9-7-5-3-4-6-8-10-12-14-20-34-28(33)26-23(2)27(29)25(32)21-24(26)31/h15-16,18-19,21H,3-14,17,20H2,1-2H3,(H-,31,32,33)/p+1. The van der Waals surface area contributed by atoms with Crippen LogP contribution in [0.25, 0.3) is 0 Å². The summed E-state index contributed by atoms with van der Waals surface area (Å²) in [5, 5.41) is 19.6. The van der Waals surface area contributed by atoms with Crippen LogP contribution in [0.1, 0.15) is 98.5 Å². The molecular weight excluding hydrogens is 450 g/mol. The largest absolute Gasteiger partial charge is 0.507 e. The van der Waals surface area contributed by atoms with Gasteiger partial charge in [0.2, 0.25) is 0 Å².